The van der Waals surface area contributed by atoms with Crippen LogP contribution in [0.3, 0.4) is 0 Å². The Labute approximate surface area is 117 Å². The van der Waals surface area contributed by atoms with Crippen LogP contribution in [0.5, 0.6) is 0 Å². The van der Waals surface area contributed by atoms with Crippen LogP contribution in [0, 0.1) is 0 Å². The lowest BCUT2D eigenvalue weighted by molar-refractivity contribution is 0.0953. The molecule has 2 rings (SSSR count). The number of amides is 1. The number of carbonyl (C=O) groups excluding carboxylic acids is 1. The van der Waals surface area contributed by atoms with Crippen molar-refractivity contribution in [2.45, 2.75) is 0 Å². The first kappa shape index (κ1) is 12.9. The molecule has 2 N–H and O–H groups in total. The van der Waals surface area contributed by atoms with Crippen molar-refractivity contribution in [1.82, 2.24) is 10.4 Å². The lowest BCUT2D eigenvalue weighted by Crippen LogP contribution is -2.22. The molecule has 0 aliphatic heterocycles. The Kier molecular flexibility index (Phi) is 4.17. The second kappa shape index (κ2) is 5.84. The zero-order valence-electron chi connectivity index (χ0n) is 9.15. The number of H-pyrrole nitrogens is 1. The van der Waals surface area contributed by atoms with Gasteiger partial charge in [0.05, 0.1) is 0 Å². The van der Waals surface area contributed by atoms with Gasteiger partial charge in [0.25, 0.3) is 5.91 Å². The second-order valence-electron chi connectivity index (χ2n) is 3.46. The predicted molar refractivity (Wildman–Crippen MR) is 73.0 cm³/mol. The van der Waals surface area contributed by atoms with Gasteiger partial charge >= 0.3 is 0 Å². The summed E-state index contributed by atoms with van der Waals surface area (Å²) in [6, 6.07) is 10.2. The first-order valence-electron chi connectivity index (χ1n) is 5.09. The van der Waals surface area contributed by atoms with Crippen molar-refractivity contribution in [2.24, 2.45) is 5.10 Å². The zero-order chi connectivity index (χ0) is 13.0. The van der Waals surface area contributed by atoms with Crippen LogP contribution in [0.2, 0.25) is 5.02 Å². The number of nitrogens with zero attached hydrogens (tertiary/aromatic N) is 1. The van der Waals surface area contributed by atoms with Gasteiger partial charge in [-0.25, -0.2) is 5.43 Å². The number of pyridine rings is 1. The van der Waals surface area contributed by atoms with Crippen LogP contribution in [-0.4, -0.2) is 10.9 Å². The smallest absolute Gasteiger partial charge is 0.271 e. The van der Waals surface area contributed by atoms with Crippen molar-refractivity contribution >= 4 is 33.4 Å². The molecule has 2 aromatic rings. The van der Waals surface area contributed by atoms with E-state index in [4.69, 9.17) is 11.6 Å². The van der Waals surface area contributed by atoms with Gasteiger partial charge in [0, 0.05) is 21.3 Å². The highest BCUT2D eigenvalue weighted by atomic mass is 79.9. The van der Waals surface area contributed by atoms with Gasteiger partial charge in [0.1, 0.15) is 5.49 Å². The third kappa shape index (κ3) is 3.45. The van der Waals surface area contributed by atoms with E-state index in [0.717, 1.165) is 4.47 Å². The Hall–Kier alpha value is -1.59. The van der Waals surface area contributed by atoms with Gasteiger partial charge < -0.3 is 4.98 Å². The van der Waals surface area contributed by atoms with Gasteiger partial charge in [-0.2, -0.15) is 5.10 Å². The van der Waals surface area contributed by atoms with E-state index >= 15 is 0 Å². The van der Waals surface area contributed by atoms with Crippen LogP contribution < -0.4 is 10.9 Å². The Bertz CT molecular complexity index is 619. The molecule has 0 spiro atoms. The first-order valence-corrected chi connectivity index (χ1v) is 6.26. The van der Waals surface area contributed by atoms with E-state index < -0.39 is 0 Å². The van der Waals surface area contributed by atoms with Gasteiger partial charge in [-0.15, -0.1) is 0 Å². The molecule has 18 heavy (non-hydrogen) atoms. The maximum atomic E-state index is 11.8. The average Bonchev–Trinajstić information content (AvgIpc) is 2.38. The summed E-state index contributed by atoms with van der Waals surface area (Å²) in [5.74, 6) is -0.311. The molecule has 0 aliphatic carbocycles. The zero-order valence-corrected chi connectivity index (χ0v) is 11.5. The monoisotopic (exact) mass is 325 g/mol. The molecule has 0 fully saturated rings. The van der Waals surface area contributed by atoms with Crippen molar-refractivity contribution in [3.05, 3.63) is 63.1 Å². The molecule has 0 bridgehead atoms. The Morgan fingerprint density at radius 1 is 1.33 bits per heavy atom. The number of aromatic nitrogens is 1. The normalized spacial score (nSPS) is 11.3. The van der Waals surface area contributed by atoms with Crippen LogP contribution in [-0.2, 0) is 0 Å². The predicted octanol–water partition coefficient (Wildman–Crippen LogP) is 2.68. The van der Waals surface area contributed by atoms with Crippen LogP contribution in [0.4, 0.5) is 0 Å². The number of rotatable bonds is 2. The number of benzene rings is 1. The molecule has 1 aromatic carbocycles. The number of carbonyl (C=O) groups is 1. The molecule has 0 radical (unpaired) electrons. The van der Waals surface area contributed by atoms with Gasteiger partial charge in [-0.1, -0.05) is 17.7 Å². The minimum absolute atomic E-state index is 0.311. The molecule has 1 amide bonds. The molecular weight excluding hydrogens is 318 g/mol. The SMILES string of the molecule is O=C(N/N=c1/ccc(Br)c[nH]1)c1cccc(Cl)c1. The first-order chi connectivity index (χ1) is 8.65. The Balaban J connectivity index is 2.13. The fourth-order valence-electron chi connectivity index (χ4n) is 1.27. The summed E-state index contributed by atoms with van der Waals surface area (Å²) >= 11 is 9.10. The highest BCUT2D eigenvalue weighted by Crippen LogP contribution is 2.10. The highest BCUT2D eigenvalue weighted by molar-refractivity contribution is 9.10. The molecule has 1 heterocycles. The van der Waals surface area contributed by atoms with Crippen molar-refractivity contribution in [2.75, 3.05) is 0 Å². The second-order valence-corrected chi connectivity index (χ2v) is 4.81. The number of nitrogens with one attached hydrogen (secondary N) is 2. The third-order valence-corrected chi connectivity index (χ3v) is 2.85. The van der Waals surface area contributed by atoms with E-state index in [9.17, 15) is 4.79 Å². The maximum absolute atomic E-state index is 11.8. The molecule has 0 atom stereocenters. The fourth-order valence-corrected chi connectivity index (χ4v) is 1.71. The number of aromatic amines is 1. The summed E-state index contributed by atoms with van der Waals surface area (Å²) in [4.78, 5) is 14.7. The van der Waals surface area contributed by atoms with Gasteiger partial charge in [0.2, 0.25) is 0 Å². The van der Waals surface area contributed by atoms with Crippen molar-refractivity contribution < 1.29 is 4.79 Å². The molecule has 0 unspecified atom stereocenters. The number of halogens is 2. The largest absolute Gasteiger partial charge is 0.344 e. The van der Waals surface area contributed by atoms with Crippen molar-refractivity contribution in [3.63, 3.8) is 0 Å². The van der Waals surface area contributed by atoms with E-state index in [1.807, 2.05) is 6.07 Å². The molecule has 1 aromatic heterocycles. The molecular formula is C12H9BrClN3O. The van der Waals surface area contributed by atoms with Crippen LogP contribution in [0.1, 0.15) is 10.4 Å². The number of hydrogen-bond acceptors (Lipinski definition) is 2. The van der Waals surface area contributed by atoms with Crippen molar-refractivity contribution in [3.8, 4) is 0 Å². The minimum atomic E-state index is -0.311. The topological polar surface area (TPSA) is 57.2 Å². The molecule has 4 nitrogen and oxygen atoms in total. The Morgan fingerprint density at radius 2 is 2.17 bits per heavy atom. The summed E-state index contributed by atoms with van der Waals surface area (Å²) in [5.41, 5.74) is 3.45. The lowest BCUT2D eigenvalue weighted by atomic mass is 10.2. The van der Waals surface area contributed by atoms with E-state index in [0.29, 0.717) is 16.1 Å². The standard InChI is InChI=1S/C12H9BrClN3O/c13-9-4-5-11(15-7-9)16-17-12(18)8-2-1-3-10(14)6-8/h1-7H,(H,15,16)(H,17,18). The number of hydrogen-bond donors (Lipinski definition) is 2. The Morgan fingerprint density at radius 3 is 2.83 bits per heavy atom. The van der Waals surface area contributed by atoms with Gasteiger partial charge in [0.15, 0.2) is 0 Å². The summed E-state index contributed by atoms with van der Waals surface area (Å²) in [6.07, 6.45) is 1.73. The van der Waals surface area contributed by atoms with E-state index in [1.54, 1.807) is 36.5 Å². The van der Waals surface area contributed by atoms with Crippen LogP contribution in [0.15, 0.2) is 52.2 Å². The van der Waals surface area contributed by atoms with Crippen LogP contribution in [0.25, 0.3) is 0 Å². The van der Waals surface area contributed by atoms with E-state index in [1.165, 1.54) is 0 Å². The molecule has 6 heteroatoms. The third-order valence-electron chi connectivity index (χ3n) is 2.12. The maximum Gasteiger partial charge on any atom is 0.271 e. The van der Waals surface area contributed by atoms with Gasteiger partial charge in [-0.05, 0) is 46.3 Å². The van der Waals surface area contributed by atoms with Gasteiger partial charge in [-0.3, -0.25) is 4.79 Å². The summed E-state index contributed by atoms with van der Waals surface area (Å²) in [7, 11) is 0. The molecule has 92 valence electrons. The average molecular weight is 327 g/mol. The molecule has 0 aliphatic rings. The minimum Gasteiger partial charge on any atom is -0.344 e. The van der Waals surface area contributed by atoms with Crippen molar-refractivity contribution in [1.29, 1.82) is 0 Å². The van der Waals surface area contributed by atoms with E-state index in [2.05, 4.69) is 31.4 Å². The molecule has 0 saturated carbocycles. The highest BCUT2D eigenvalue weighted by Gasteiger charge is 2.03. The lowest BCUT2D eigenvalue weighted by Gasteiger charge is -1.99. The van der Waals surface area contributed by atoms with E-state index in [-0.39, 0.29) is 5.91 Å². The quantitative estimate of drug-likeness (QED) is 0.819. The molecule has 0 saturated heterocycles. The van der Waals surface area contributed by atoms with Crippen LogP contribution >= 0.6 is 27.5 Å². The summed E-state index contributed by atoms with van der Waals surface area (Å²) in [5, 5.41) is 4.45. The summed E-state index contributed by atoms with van der Waals surface area (Å²) < 4.78 is 0.905. The fraction of sp³-hybridized carbons (Fsp3) is 0. The summed E-state index contributed by atoms with van der Waals surface area (Å²) in [6.45, 7) is 0.